The van der Waals surface area contributed by atoms with Crippen molar-refractivity contribution in [2.75, 3.05) is 13.2 Å². The number of ether oxygens (including phenoxy) is 1. The van der Waals surface area contributed by atoms with Crippen LogP contribution in [-0.4, -0.2) is 28.1 Å². The van der Waals surface area contributed by atoms with Crippen molar-refractivity contribution in [3.8, 4) is 17.1 Å². The van der Waals surface area contributed by atoms with Crippen LogP contribution < -0.4 is 10.1 Å². The van der Waals surface area contributed by atoms with Gasteiger partial charge >= 0.3 is 0 Å². The van der Waals surface area contributed by atoms with Gasteiger partial charge in [-0.25, -0.2) is 0 Å². The van der Waals surface area contributed by atoms with E-state index in [-0.39, 0.29) is 12.1 Å². The number of hydrogen-bond donors (Lipinski definition) is 1. The summed E-state index contributed by atoms with van der Waals surface area (Å²) in [7, 11) is 0. The molecule has 29 heavy (non-hydrogen) atoms. The van der Waals surface area contributed by atoms with E-state index in [1.807, 2.05) is 67.7 Å². The molecule has 6 heteroatoms. The minimum absolute atomic E-state index is 0.0335. The van der Waals surface area contributed by atoms with Gasteiger partial charge in [-0.15, -0.1) is 0 Å². The molecule has 0 aliphatic carbocycles. The Hall–Kier alpha value is -2.86. The van der Waals surface area contributed by atoms with Crippen LogP contribution in [0.1, 0.15) is 43.8 Å². The molecule has 0 bridgehead atoms. The molecule has 5 nitrogen and oxygen atoms in total. The van der Waals surface area contributed by atoms with Crippen LogP contribution >= 0.6 is 12.2 Å². The van der Waals surface area contributed by atoms with Gasteiger partial charge in [0.05, 0.1) is 18.3 Å². The van der Waals surface area contributed by atoms with Crippen LogP contribution in [0, 0.1) is 0 Å². The number of pyridine rings is 1. The lowest BCUT2D eigenvalue weighted by Crippen LogP contribution is -2.30. The second-order valence-corrected chi connectivity index (χ2v) is 7.37. The number of aromatic nitrogens is 1. The second kappa shape index (κ2) is 8.66. The number of benzene rings is 1. The minimum atomic E-state index is -0.0467. The highest BCUT2D eigenvalue weighted by Gasteiger charge is 2.41. The Morgan fingerprint density at radius 1 is 1.10 bits per heavy atom. The van der Waals surface area contributed by atoms with E-state index in [9.17, 15) is 0 Å². The summed E-state index contributed by atoms with van der Waals surface area (Å²) in [5.74, 6) is 2.57. The summed E-state index contributed by atoms with van der Waals surface area (Å²) < 4.78 is 11.9. The lowest BCUT2D eigenvalue weighted by Gasteiger charge is -2.25. The topological polar surface area (TPSA) is 50.5 Å². The van der Waals surface area contributed by atoms with Crippen LogP contribution in [0.4, 0.5) is 0 Å². The van der Waals surface area contributed by atoms with Gasteiger partial charge < -0.3 is 19.4 Å². The smallest absolute Gasteiger partial charge is 0.170 e. The fraction of sp³-hybridized carbons (Fsp3) is 0.304. The first-order valence-electron chi connectivity index (χ1n) is 10.0. The maximum atomic E-state index is 6.32. The number of nitrogens with zero attached hydrogens (tertiary/aromatic N) is 2. The van der Waals surface area contributed by atoms with Crippen LogP contribution in [0.15, 0.2) is 65.2 Å². The summed E-state index contributed by atoms with van der Waals surface area (Å²) >= 11 is 5.63. The summed E-state index contributed by atoms with van der Waals surface area (Å²) in [6, 6.07) is 17.9. The predicted octanol–water partition coefficient (Wildman–Crippen LogP) is 5.12. The van der Waals surface area contributed by atoms with Gasteiger partial charge in [0.1, 0.15) is 23.3 Å². The summed E-state index contributed by atoms with van der Waals surface area (Å²) in [6.07, 6.45) is 2.81. The molecule has 1 fully saturated rings. The highest BCUT2D eigenvalue weighted by molar-refractivity contribution is 7.80. The molecule has 1 aromatic carbocycles. The van der Waals surface area contributed by atoms with Gasteiger partial charge in [0.2, 0.25) is 0 Å². The molecule has 2 aromatic heterocycles. The Morgan fingerprint density at radius 2 is 1.93 bits per heavy atom. The zero-order chi connectivity index (χ0) is 20.2. The number of nitrogens with one attached hydrogen (secondary N) is 1. The number of rotatable bonds is 7. The van der Waals surface area contributed by atoms with Crippen LogP contribution in [0.25, 0.3) is 11.3 Å². The van der Waals surface area contributed by atoms with E-state index in [0.717, 1.165) is 46.6 Å². The standard InChI is InChI=1S/C23H25N3O2S/c1-3-15-26-22(21(25-23(26)29)18-7-5-6-14-24-18)20-13-12-19(28-20)16-8-10-17(11-9-16)27-4-2/h5-14,21-22H,3-4,15H2,1-2H3,(H,25,29)/t21-,22+/m1/s1. The van der Waals surface area contributed by atoms with E-state index in [0.29, 0.717) is 6.61 Å². The minimum Gasteiger partial charge on any atom is -0.494 e. The third-order valence-electron chi connectivity index (χ3n) is 5.03. The fourth-order valence-electron chi connectivity index (χ4n) is 3.75. The molecule has 0 saturated carbocycles. The van der Waals surface area contributed by atoms with E-state index >= 15 is 0 Å². The van der Waals surface area contributed by atoms with Crippen LogP contribution in [0.5, 0.6) is 5.75 Å². The Balaban J connectivity index is 1.66. The maximum Gasteiger partial charge on any atom is 0.170 e. The molecule has 3 aromatic rings. The Bertz CT molecular complexity index is 956. The maximum absolute atomic E-state index is 6.32. The molecule has 2 atom stereocenters. The summed E-state index contributed by atoms with van der Waals surface area (Å²) in [4.78, 5) is 6.76. The second-order valence-electron chi connectivity index (χ2n) is 6.98. The highest BCUT2D eigenvalue weighted by atomic mass is 32.1. The summed E-state index contributed by atoms with van der Waals surface area (Å²) in [5, 5.41) is 4.18. The van der Waals surface area contributed by atoms with Crippen LogP contribution in [0.2, 0.25) is 0 Å². The SMILES string of the molecule is CCCN1C(=S)N[C@H](c2ccccn2)[C@@H]1c1ccc(-c2ccc(OCC)cc2)o1. The lowest BCUT2D eigenvalue weighted by atomic mass is 10.0. The van der Waals surface area contributed by atoms with E-state index < -0.39 is 0 Å². The van der Waals surface area contributed by atoms with Crippen LogP contribution in [-0.2, 0) is 0 Å². The summed E-state index contributed by atoms with van der Waals surface area (Å²) in [6.45, 7) is 5.65. The monoisotopic (exact) mass is 407 g/mol. The molecule has 1 N–H and O–H groups in total. The molecule has 3 heterocycles. The molecule has 1 aliphatic rings. The molecule has 4 rings (SSSR count). The first-order chi connectivity index (χ1) is 14.2. The van der Waals surface area contributed by atoms with E-state index in [4.69, 9.17) is 21.4 Å². The zero-order valence-electron chi connectivity index (χ0n) is 16.7. The van der Waals surface area contributed by atoms with E-state index in [2.05, 4.69) is 22.1 Å². The Kier molecular flexibility index (Phi) is 5.81. The molecule has 0 unspecified atom stereocenters. The normalized spacial score (nSPS) is 18.7. The van der Waals surface area contributed by atoms with Crippen molar-refractivity contribution in [3.05, 3.63) is 72.2 Å². The van der Waals surface area contributed by atoms with Crippen molar-refractivity contribution in [1.82, 2.24) is 15.2 Å². The number of hydrogen-bond acceptors (Lipinski definition) is 4. The van der Waals surface area contributed by atoms with Crippen molar-refractivity contribution in [2.24, 2.45) is 0 Å². The zero-order valence-corrected chi connectivity index (χ0v) is 17.5. The van der Waals surface area contributed by atoms with E-state index in [1.54, 1.807) is 0 Å². The van der Waals surface area contributed by atoms with Gasteiger partial charge in [0.15, 0.2) is 5.11 Å². The van der Waals surface area contributed by atoms with Gasteiger partial charge in [-0.3, -0.25) is 4.98 Å². The van der Waals surface area contributed by atoms with Crippen molar-refractivity contribution >= 4 is 17.3 Å². The molecular weight excluding hydrogens is 382 g/mol. The van der Waals surface area contributed by atoms with Crippen molar-refractivity contribution in [2.45, 2.75) is 32.4 Å². The predicted molar refractivity (Wildman–Crippen MR) is 118 cm³/mol. The largest absolute Gasteiger partial charge is 0.494 e. The third-order valence-corrected chi connectivity index (χ3v) is 5.38. The van der Waals surface area contributed by atoms with Gasteiger partial charge in [0, 0.05) is 18.3 Å². The Labute approximate surface area is 176 Å². The molecule has 0 spiro atoms. The van der Waals surface area contributed by atoms with Crippen molar-refractivity contribution < 1.29 is 9.15 Å². The highest BCUT2D eigenvalue weighted by Crippen LogP contribution is 2.40. The number of furan rings is 1. The number of thiocarbonyl (C=S) groups is 1. The van der Waals surface area contributed by atoms with Crippen molar-refractivity contribution in [1.29, 1.82) is 0 Å². The average Bonchev–Trinajstić information content (AvgIpc) is 3.35. The molecule has 1 saturated heterocycles. The summed E-state index contributed by atoms with van der Waals surface area (Å²) in [5.41, 5.74) is 1.97. The van der Waals surface area contributed by atoms with Gasteiger partial charge in [-0.05, 0) is 74.1 Å². The van der Waals surface area contributed by atoms with Crippen molar-refractivity contribution in [3.63, 3.8) is 0 Å². The first kappa shape index (κ1) is 19.5. The molecule has 150 valence electrons. The molecule has 0 radical (unpaired) electrons. The quantitative estimate of drug-likeness (QED) is 0.549. The van der Waals surface area contributed by atoms with Gasteiger partial charge in [-0.1, -0.05) is 13.0 Å². The molecular formula is C23H25N3O2S. The van der Waals surface area contributed by atoms with Gasteiger partial charge in [-0.2, -0.15) is 0 Å². The molecule has 1 aliphatic heterocycles. The van der Waals surface area contributed by atoms with Gasteiger partial charge in [0.25, 0.3) is 0 Å². The lowest BCUT2D eigenvalue weighted by molar-refractivity contribution is 0.275. The molecule has 0 amide bonds. The average molecular weight is 408 g/mol. The Morgan fingerprint density at radius 3 is 2.62 bits per heavy atom. The first-order valence-corrected chi connectivity index (χ1v) is 10.4. The fourth-order valence-corrected chi connectivity index (χ4v) is 4.08. The third kappa shape index (κ3) is 3.98. The van der Waals surface area contributed by atoms with E-state index in [1.165, 1.54) is 0 Å². The van der Waals surface area contributed by atoms with Crippen LogP contribution in [0.3, 0.4) is 0 Å².